The number of hydrogen-bond donors (Lipinski definition) is 1. The minimum atomic E-state index is 0.157. The molecule has 114 valence electrons. The molecule has 0 bridgehead atoms. The van der Waals surface area contributed by atoms with E-state index in [-0.39, 0.29) is 12.5 Å². The minimum absolute atomic E-state index is 0.157. The Balaban J connectivity index is 1.35. The van der Waals surface area contributed by atoms with E-state index in [2.05, 4.69) is 5.32 Å². The van der Waals surface area contributed by atoms with Crippen molar-refractivity contribution >= 4 is 5.91 Å². The quantitative estimate of drug-likeness (QED) is 0.822. The van der Waals surface area contributed by atoms with Crippen LogP contribution in [0, 0.1) is 11.3 Å². The van der Waals surface area contributed by atoms with E-state index >= 15 is 0 Å². The molecular weight excluding hydrogens is 256 g/mol. The maximum Gasteiger partial charge on any atom is 0.248 e. The standard InChI is InChI=1S/C15H26N2O3/c18-14(11-20-10-13-1-8-19-9-13)17-6-3-15(4-7-17)2-5-16-12-15/h13,16H,1-12H2. The van der Waals surface area contributed by atoms with Crippen molar-refractivity contribution in [3.05, 3.63) is 0 Å². The van der Waals surface area contributed by atoms with Crippen LogP contribution in [0.2, 0.25) is 0 Å². The molecular formula is C15H26N2O3. The molecule has 1 spiro atoms. The van der Waals surface area contributed by atoms with E-state index < -0.39 is 0 Å². The molecule has 3 rings (SSSR count). The number of amides is 1. The Morgan fingerprint density at radius 1 is 1.35 bits per heavy atom. The molecule has 3 fully saturated rings. The van der Waals surface area contributed by atoms with Crippen molar-refractivity contribution in [3.8, 4) is 0 Å². The van der Waals surface area contributed by atoms with Crippen molar-refractivity contribution < 1.29 is 14.3 Å². The highest BCUT2D eigenvalue weighted by atomic mass is 16.5. The van der Waals surface area contributed by atoms with E-state index in [4.69, 9.17) is 9.47 Å². The highest BCUT2D eigenvalue weighted by Gasteiger charge is 2.37. The predicted octanol–water partition coefficient (Wildman–Crippen LogP) is 0.642. The van der Waals surface area contributed by atoms with Crippen LogP contribution in [0.25, 0.3) is 0 Å². The molecule has 1 unspecified atom stereocenters. The van der Waals surface area contributed by atoms with Gasteiger partial charge in [0.05, 0.1) is 13.2 Å². The molecule has 5 heteroatoms. The summed E-state index contributed by atoms with van der Waals surface area (Å²) in [6.45, 7) is 6.59. The first-order valence-electron chi connectivity index (χ1n) is 7.91. The van der Waals surface area contributed by atoms with E-state index in [1.165, 1.54) is 6.42 Å². The topological polar surface area (TPSA) is 50.8 Å². The van der Waals surface area contributed by atoms with Crippen LogP contribution in [0.4, 0.5) is 0 Å². The number of likely N-dealkylation sites (tertiary alicyclic amines) is 1. The molecule has 0 radical (unpaired) electrons. The van der Waals surface area contributed by atoms with Gasteiger partial charge in [0.15, 0.2) is 0 Å². The van der Waals surface area contributed by atoms with E-state index in [1.54, 1.807) is 0 Å². The third-order valence-electron chi connectivity index (χ3n) is 5.11. The number of piperidine rings is 1. The maximum atomic E-state index is 12.1. The van der Waals surface area contributed by atoms with Gasteiger partial charge in [0.1, 0.15) is 6.61 Å². The summed E-state index contributed by atoms with van der Waals surface area (Å²) < 4.78 is 10.9. The Kier molecular flexibility index (Phi) is 4.58. The molecule has 0 aromatic heterocycles. The molecule has 20 heavy (non-hydrogen) atoms. The first-order valence-corrected chi connectivity index (χ1v) is 7.91. The molecule has 3 saturated heterocycles. The lowest BCUT2D eigenvalue weighted by Crippen LogP contribution is -2.45. The molecule has 5 nitrogen and oxygen atoms in total. The highest BCUT2D eigenvalue weighted by Crippen LogP contribution is 2.36. The number of rotatable bonds is 4. The lowest BCUT2D eigenvalue weighted by atomic mass is 9.78. The zero-order chi connectivity index (χ0) is 13.8. The lowest BCUT2D eigenvalue weighted by molar-refractivity contribution is -0.138. The molecule has 0 aromatic carbocycles. The second kappa shape index (κ2) is 6.41. The SMILES string of the molecule is O=C(COCC1CCOC1)N1CCC2(CCNC2)CC1. The third kappa shape index (κ3) is 3.32. The van der Waals surface area contributed by atoms with Gasteiger partial charge in [0.2, 0.25) is 5.91 Å². The Morgan fingerprint density at radius 2 is 2.20 bits per heavy atom. The molecule has 0 aromatic rings. The number of carbonyl (C=O) groups excluding carboxylic acids is 1. The van der Waals surface area contributed by atoms with Crippen molar-refractivity contribution in [1.82, 2.24) is 10.2 Å². The van der Waals surface area contributed by atoms with Gasteiger partial charge in [-0.15, -0.1) is 0 Å². The van der Waals surface area contributed by atoms with Crippen LogP contribution in [-0.4, -0.2) is 63.4 Å². The van der Waals surface area contributed by atoms with Gasteiger partial charge in [-0.3, -0.25) is 4.79 Å². The van der Waals surface area contributed by atoms with E-state index in [1.807, 2.05) is 4.90 Å². The third-order valence-corrected chi connectivity index (χ3v) is 5.11. The van der Waals surface area contributed by atoms with Gasteiger partial charge in [-0.2, -0.15) is 0 Å². The van der Waals surface area contributed by atoms with Crippen LogP contribution in [0.1, 0.15) is 25.7 Å². The smallest absolute Gasteiger partial charge is 0.248 e. The number of ether oxygens (including phenoxy) is 2. The van der Waals surface area contributed by atoms with Crippen LogP contribution in [-0.2, 0) is 14.3 Å². The fourth-order valence-electron chi connectivity index (χ4n) is 3.57. The summed E-state index contributed by atoms with van der Waals surface area (Å²) >= 11 is 0. The van der Waals surface area contributed by atoms with Crippen LogP contribution in [0.15, 0.2) is 0 Å². The van der Waals surface area contributed by atoms with Gasteiger partial charge in [-0.25, -0.2) is 0 Å². The van der Waals surface area contributed by atoms with E-state index in [9.17, 15) is 4.79 Å². The molecule has 3 aliphatic heterocycles. The van der Waals surface area contributed by atoms with Crippen LogP contribution >= 0.6 is 0 Å². The highest BCUT2D eigenvalue weighted by molar-refractivity contribution is 5.77. The second-order valence-electron chi connectivity index (χ2n) is 6.55. The monoisotopic (exact) mass is 282 g/mol. The molecule has 1 atom stereocenters. The van der Waals surface area contributed by atoms with E-state index in [0.29, 0.717) is 17.9 Å². The zero-order valence-corrected chi connectivity index (χ0v) is 12.2. The maximum absolute atomic E-state index is 12.1. The summed E-state index contributed by atoms with van der Waals surface area (Å²) in [4.78, 5) is 14.1. The molecule has 0 aliphatic carbocycles. The number of nitrogens with zero attached hydrogens (tertiary/aromatic N) is 1. The molecule has 0 saturated carbocycles. The van der Waals surface area contributed by atoms with Gasteiger partial charge >= 0.3 is 0 Å². The largest absolute Gasteiger partial charge is 0.381 e. The predicted molar refractivity (Wildman–Crippen MR) is 75.5 cm³/mol. The van der Waals surface area contributed by atoms with Crippen molar-refractivity contribution in [2.75, 3.05) is 52.6 Å². The number of hydrogen-bond acceptors (Lipinski definition) is 4. The van der Waals surface area contributed by atoms with Gasteiger partial charge in [-0.05, 0) is 37.6 Å². The van der Waals surface area contributed by atoms with Gasteiger partial charge in [0.25, 0.3) is 0 Å². The minimum Gasteiger partial charge on any atom is -0.381 e. The van der Waals surface area contributed by atoms with E-state index in [0.717, 1.165) is 58.7 Å². The molecule has 3 aliphatic rings. The van der Waals surface area contributed by atoms with Crippen molar-refractivity contribution in [1.29, 1.82) is 0 Å². The number of nitrogens with one attached hydrogen (secondary N) is 1. The second-order valence-corrected chi connectivity index (χ2v) is 6.55. The van der Waals surface area contributed by atoms with Crippen molar-refractivity contribution in [2.24, 2.45) is 11.3 Å². The summed E-state index contributed by atoms with van der Waals surface area (Å²) in [6, 6.07) is 0. The van der Waals surface area contributed by atoms with Gasteiger partial charge in [0, 0.05) is 32.2 Å². The van der Waals surface area contributed by atoms with Gasteiger partial charge < -0.3 is 19.7 Å². The van der Waals surface area contributed by atoms with Crippen LogP contribution in [0.5, 0.6) is 0 Å². The molecule has 3 heterocycles. The Labute approximate surface area is 121 Å². The summed E-state index contributed by atoms with van der Waals surface area (Å²) in [5.41, 5.74) is 0.471. The Hall–Kier alpha value is -0.650. The zero-order valence-electron chi connectivity index (χ0n) is 12.2. The fourth-order valence-corrected chi connectivity index (χ4v) is 3.57. The summed E-state index contributed by atoms with van der Waals surface area (Å²) in [7, 11) is 0. The van der Waals surface area contributed by atoms with Crippen LogP contribution < -0.4 is 5.32 Å². The Morgan fingerprint density at radius 3 is 2.85 bits per heavy atom. The van der Waals surface area contributed by atoms with Crippen LogP contribution in [0.3, 0.4) is 0 Å². The first kappa shape index (κ1) is 14.3. The van der Waals surface area contributed by atoms with Crippen molar-refractivity contribution in [2.45, 2.75) is 25.7 Å². The number of carbonyl (C=O) groups is 1. The normalized spacial score (nSPS) is 29.2. The Bertz CT molecular complexity index is 326. The lowest BCUT2D eigenvalue weighted by Gasteiger charge is -2.38. The van der Waals surface area contributed by atoms with Crippen molar-refractivity contribution in [3.63, 3.8) is 0 Å². The molecule has 1 N–H and O–H groups in total. The average Bonchev–Trinajstić information content (AvgIpc) is 3.12. The molecule has 1 amide bonds. The summed E-state index contributed by atoms with van der Waals surface area (Å²) in [5, 5.41) is 3.45. The summed E-state index contributed by atoms with van der Waals surface area (Å²) in [5.74, 6) is 0.640. The summed E-state index contributed by atoms with van der Waals surface area (Å²) in [6.07, 6.45) is 4.62. The fraction of sp³-hybridized carbons (Fsp3) is 0.933. The first-order chi connectivity index (χ1) is 9.77. The van der Waals surface area contributed by atoms with Gasteiger partial charge in [-0.1, -0.05) is 0 Å². The average molecular weight is 282 g/mol.